The SMILES string of the molecule is Cc1ncc(CO)c(C=NNC(=O)c2cc[n+](C)cc2)c1O. The topological polar surface area (TPSA) is 98.7 Å². The fourth-order valence-corrected chi connectivity index (χ4v) is 1.79. The van der Waals surface area contributed by atoms with Crippen molar-refractivity contribution in [3.8, 4) is 5.75 Å². The summed E-state index contributed by atoms with van der Waals surface area (Å²) in [4.78, 5) is 15.8. The molecule has 2 aromatic rings. The third kappa shape index (κ3) is 3.44. The van der Waals surface area contributed by atoms with Gasteiger partial charge in [0.2, 0.25) is 0 Å². The first-order chi connectivity index (χ1) is 10.5. The molecular formula is C15H17N4O3+. The molecule has 2 aromatic heterocycles. The molecule has 1 amide bonds. The molecule has 7 nitrogen and oxygen atoms in total. The van der Waals surface area contributed by atoms with Gasteiger partial charge in [0, 0.05) is 29.5 Å². The Morgan fingerprint density at radius 1 is 1.45 bits per heavy atom. The number of aryl methyl sites for hydroxylation is 2. The second-order valence-corrected chi connectivity index (χ2v) is 4.74. The summed E-state index contributed by atoms with van der Waals surface area (Å²) < 4.78 is 1.81. The Balaban J connectivity index is 2.14. The number of hydrazone groups is 1. The summed E-state index contributed by atoms with van der Waals surface area (Å²) in [5.41, 5.74) is 4.01. The number of hydrogen-bond acceptors (Lipinski definition) is 5. The van der Waals surface area contributed by atoms with Crippen LogP contribution in [-0.2, 0) is 13.7 Å². The second-order valence-electron chi connectivity index (χ2n) is 4.74. The van der Waals surface area contributed by atoms with Gasteiger partial charge in [-0.2, -0.15) is 5.10 Å². The van der Waals surface area contributed by atoms with Gasteiger partial charge in [-0.15, -0.1) is 0 Å². The Labute approximate surface area is 127 Å². The van der Waals surface area contributed by atoms with Crippen LogP contribution in [0.1, 0.15) is 27.2 Å². The van der Waals surface area contributed by atoms with Crippen LogP contribution in [0.3, 0.4) is 0 Å². The molecule has 2 rings (SSSR count). The summed E-state index contributed by atoms with van der Waals surface area (Å²) in [6.07, 6.45) is 6.24. The van der Waals surface area contributed by atoms with E-state index in [-0.39, 0.29) is 18.3 Å². The van der Waals surface area contributed by atoms with Crippen molar-refractivity contribution in [1.82, 2.24) is 10.4 Å². The summed E-state index contributed by atoms with van der Waals surface area (Å²) in [6.45, 7) is 1.35. The maximum absolute atomic E-state index is 11.9. The molecule has 0 spiro atoms. The van der Waals surface area contributed by atoms with Gasteiger partial charge in [0.15, 0.2) is 12.4 Å². The molecule has 0 aliphatic rings. The molecular weight excluding hydrogens is 284 g/mol. The lowest BCUT2D eigenvalue weighted by atomic mass is 10.1. The minimum absolute atomic E-state index is 0.0729. The highest BCUT2D eigenvalue weighted by atomic mass is 16.3. The Bertz CT molecular complexity index is 711. The molecule has 0 saturated heterocycles. The van der Waals surface area contributed by atoms with E-state index in [1.807, 2.05) is 11.6 Å². The Morgan fingerprint density at radius 3 is 2.77 bits per heavy atom. The van der Waals surface area contributed by atoms with Gasteiger partial charge in [-0.05, 0) is 6.92 Å². The molecule has 2 heterocycles. The minimum atomic E-state index is -0.368. The number of hydrogen-bond donors (Lipinski definition) is 3. The highest BCUT2D eigenvalue weighted by Crippen LogP contribution is 2.21. The second kappa shape index (κ2) is 6.77. The van der Waals surface area contributed by atoms with Crippen molar-refractivity contribution in [2.75, 3.05) is 0 Å². The molecule has 0 atom stereocenters. The van der Waals surface area contributed by atoms with Gasteiger partial charge < -0.3 is 10.2 Å². The number of pyridine rings is 2. The average molecular weight is 301 g/mol. The van der Waals surface area contributed by atoms with E-state index < -0.39 is 0 Å². The van der Waals surface area contributed by atoms with Crippen LogP contribution in [0.25, 0.3) is 0 Å². The zero-order valence-electron chi connectivity index (χ0n) is 12.3. The lowest BCUT2D eigenvalue weighted by Gasteiger charge is -2.07. The Morgan fingerprint density at radius 2 is 2.14 bits per heavy atom. The van der Waals surface area contributed by atoms with E-state index in [1.165, 1.54) is 12.4 Å². The molecule has 0 saturated carbocycles. The molecule has 0 aromatic carbocycles. The van der Waals surface area contributed by atoms with E-state index in [4.69, 9.17) is 0 Å². The fraction of sp³-hybridized carbons (Fsp3) is 0.200. The van der Waals surface area contributed by atoms with Crippen molar-refractivity contribution in [1.29, 1.82) is 0 Å². The first-order valence-electron chi connectivity index (χ1n) is 6.60. The number of nitrogens with one attached hydrogen (secondary N) is 1. The summed E-state index contributed by atoms with van der Waals surface area (Å²) in [5.74, 6) is -0.441. The number of aliphatic hydroxyl groups is 1. The Hall–Kier alpha value is -2.80. The molecule has 0 radical (unpaired) electrons. The first-order valence-corrected chi connectivity index (χ1v) is 6.60. The standard InChI is InChI=1S/C15H16N4O3/c1-10-14(21)13(12(9-20)7-16-10)8-17-18-15(22)11-3-5-19(2)6-4-11/h3-8,20,22H,9H2,1-2H3/p+1. The smallest absolute Gasteiger partial charge is 0.271 e. The van der Waals surface area contributed by atoms with Crippen molar-refractivity contribution < 1.29 is 19.6 Å². The zero-order chi connectivity index (χ0) is 16.1. The van der Waals surface area contributed by atoms with Gasteiger partial charge >= 0.3 is 0 Å². The molecule has 22 heavy (non-hydrogen) atoms. The molecule has 0 bridgehead atoms. The van der Waals surface area contributed by atoms with Crippen LogP contribution in [0.15, 0.2) is 35.8 Å². The predicted molar refractivity (Wildman–Crippen MR) is 79.2 cm³/mol. The van der Waals surface area contributed by atoms with Crippen LogP contribution in [-0.4, -0.2) is 27.3 Å². The predicted octanol–water partition coefficient (Wildman–Crippen LogP) is 0.176. The highest BCUT2D eigenvalue weighted by Gasteiger charge is 2.10. The van der Waals surface area contributed by atoms with Gasteiger partial charge in [0.1, 0.15) is 12.8 Å². The number of aliphatic hydroxyl groups excluding tert-OH is 1. The first kappa shape index (κ1) is 15.6. The number of amides is 1. The van der Waals surface area contributed by atoms with Crippen LogP contribution < -0.4 is 9.99 Å². The van der Waals surface area contributed by atoms with Gasteiger partial charge in [0.05, 0.1) is 24.1 Å². The normalized spacial score (nSPS) is 10.9. The van der Waals surface area contributed by atoms with Crippen molar-refractivity contribution in [3.05, 3.63) is 53.1 Å². The highest BCUT2D eigenvalue weighted by molar-refractivity contribution is 5.95. The number of carbonyl (C=O) groups is 1. The number of carbonyl (C=O) groups excluding carboxylic acids is 1. The van der Waals surface area contributed by atoms with Crippen LogP contribution >= 0.6 is 0 Å². The molecule has 0 aliphatic heterocycles. The van der Waals surface area contributed by atoms with E-state index in [9.17, 15) is 15.0 Å². The van der Waals surface area contributed by atoms with Gasteiger partial charge in [-0.3, -0.25) is 9.78 Å². The summed E-state index contributed by atoms with van der Waals surface area (Å²) in [5, 5.41) is 23.0. The van der Waals surface area contributed by atoms with Crippen molar-refractivity contribution >= 4 is 12.1 Å². The zero-order valence-corrected chi connectivity index (χ0v) is 12.3. The molecule has 3 N–H and O–H groups in total. The number of aromatic hydroxyl groups is 1. The van der Waals surface area contributed by atoms with E-state index in [1.54, 1.807) is 31.5 Å². The van der Waals surface area contributed by atoms with Gasteiger partial charge in [0.25, 0.3) is 5.91 Å². The number of aromatic nitrogens is 2. The van der Waals surface area contributed by atoms with E-state index in [2.05, 4.69) is 15.5 Å². The lowest BCUT2D eigenvalue weighted by molar-refractivity contribution is -0.671. The maximum Gasteiger partial charge on any atom is 0.271 e. The van der Waals surface area contributed by atoms with E-state index in [0.717, 1.165) is 0 Å². The number of nitrogens with zero attached hydrogens (tertiary/aromatic N) is 3. The third-order valence-electron chi connectivity index (χ3n) is 3.13. The quantitative estimate of drug-likeness (QED) is 0.426. The molecule has 0 fully saturated rings. The Kier molecular flexibility index (Phi) is 4.80. The van der Waals surface area contributed by atoms with Crippen molar-refractivity contribution in [2.24, 2.45) is 12.1 Å². The number of rotatable bonds is 4. The summed E-state index contributed by atoms with van der Waals surface area (Å²) >= 11 is 0. The molecule has 7 heteroatoms. The summed E-state index contributed by atoms with van der Waals surface area (Å²) in [6, 6.07) is 3.33. The van der Waals surface area contributed by atoms with Crippen LogP contribution in [0, 0.1) is 6.92 Å². The molecule has 0 unspecified atom stereocenters. The third-order valence-corrected chi connectivity index (χ3v) is 3.13. The van der Waals surface area contributed by atoms with Crippen molar-refractivity contribution in [2.45, 2.75) is 13.5 Å². The minimum Gasteiger partial charge on any atom is -0.505 e. The van der Waals surface area contributed by atoms with Crippen LogP contribution in [0.4, 0.5) is 0 Å². The summed E-state index contributed by atoms with van der Waals surface area (Å²) in [7, 11) is 1.85. The largest absolute Gasteiger partial charge is 0.505 e. The van der Waals surface area contributed by atoms with Gasteiger partial charge in [-0.25, -0.2) is 9.99 Å². The van der Waals surface area contributed by atoms with Gasteiger partial charge in [-0.1, -0.05) is 0 Å². The molecule has 114 valence electrons. The fourth-order valence-electron chi connectivity index (χ4n) is 1.79. The van der Waals surface area contributed by atoms with Crippen LogP contribution in [0.2, 0.25) is 0 Å². The maximum atomic E-state index is 11.9. The van der Waals surface area contributed by atoms with E-state index in [0.29, 0.717) is 22.4 Å². The lowest BCUT2D eigenvalue weighted by Crippen LogP contribution is -2.27. The van der Waals surface area contributed by atoms with Crippen molar-refractivity contribution in [3.63, 3.8) is 0 Å². The van der Waals surface area contributed by atoms with E-state index >= 15 is 0 Å². The molecule has 0 aliphatic carbocycles. The average Bonchev–Trinajstić information content (AvgIpc) is 2.52. The van der Waals surface area contributed by atoms with Crippen LogP contribution in [0.5, 0.6) is 5.75 Å². The monoisotopic (exact) mass is 301 g/mol.